The molecule has 0 aromatic heterocycles. The molecule has 54 valence electrons. The van der Waals surface area contributed by atoms with Gasteiger partial charge in [0.1, 0.15) is 0 Å². The first kappa shape index (κ1) is 7.13. The van der Waals surface area contributed by atoms with Gasteiger partial charge < -0.3 is 5.11 Å². The highest BCUT2D eigenvalue weighted by Gasteiger charge is 2.01. The minimum absolute atomic E-state index is 0.493. The molecule has 1 rings (SSSR count). The van der Waals surface area contributed by atoms with Crippen LogP contribution < -0.4 is 0 Å². The molecule has 0 aromatic carbocycles. The first-order valence-electron chi connectivity index (χ1n) is 3.51. The molecular formula is C9H12O. The Kier molecular flexibility index (Phi) is 2.32. The standard InChI is InChI=1S/C9H12O/c1-2-3-8-4-6-9(10)7-5-8/h2,4,6,10H,1,3,5,7H2. The van der Waals surface area contributed by atoms with Gasteiger partial charge in [0.25, 0.3) is 0 Å². The molecule has 1 N–H and O–H groups in total. The molecule has 0 aromatic rings. The van der Waals surface area contributed by atoms with Gasteiger partial charge in [-0.2, -0.15) is 0 Å². The van der Waals surface area contributed by atoms with Crippen molar-refractivity contribution in [3.05, 3.63) is 36.1 Å². The lowest BCUT2D eigenvalue weighted by molar-refractivity contribution is 0.385. The van der Waals surface area contributed by atoms with Gasteiger partial charge in [-0.25, -0.2) is 0 Å². The molecule has 1 heteroatoms. The second-order valence-corrected chi connectivity index (χ2v) is 2.48. The summed E-state index contributed by atoms with van der Waals surface area (Å²) in [5.41, 5.74) is 1.35. The van der Waals surface area contributed by atoms with E-state index in [0.717, 1.165) is 19.3 Å². The smallest absolute Gasteiger partial charge is 0.0925 e. The number of hydrogen-bond donors (Lipinski definition) is 1. The van der Waals surface area contributed by atoms with Gasteiger partial charge in [-0.05, 0) is 18.9 Å². The van der Waals surface area contributed by atoms with Gasteiger partial charge >= 0.3 is 0 Å². The van der Waals surface area contributed by atoms with Crippen LogP contribution in [0, 0.1) is 0 Å². The van der Waals surface area contributed by atoms with Gasteiger partial charge in [-0.3, -0.25) is 0 Å². The van der Waals surface area contributed by atoms with Crippen molar-refractivity contribution in [2.45, 2.75) is 19.3 Å². The van der Waals surface area contributed by atoms with Crippen molar-refractivity contribution in [3.8, 4) is 0 Å². The first-order chi connectivity index (χ1) is 4.83. The summed E-state index contributed by atoms with van der Waals surface area (Å²) in [4.78, 5) is 0. The van der Waals surface area contributed by atoms with Crippen LogP contribution in [0.5, 0.6) is 0 Å². The van der Waals surface area contributed by atoms with Crippen LogP contribution in [0.15, 0.2) is 36.1 Å². The van der Waals surface area contributed by atoms with E-state index in [4.69, 9.17) is 5.11 Å². The highest BCUT2D eigenvalue weighted by molar-refractivity contribution is 5.21. The predicted octanol–water partition coefficient (Wildman–Crippen LogP) is 2.72. The van der Waals surface area contributed by atoms with E-state index in [2.05, 4.69) is 6.58 Å². The van der Waals surface area contributed by atoms with E-state index in [-0.39, 0.29) is 0 Å². The van der Waals surface area contributed by atoms with E-state index < -0.39 is 0 Å². The molecule has 0 atom stereocenters. The fraction of sp³-hybridized carbons (Fsp3) is 0.333. The molecule has 0 spiro atoms. The molecule has 1 aliphatic carbocycles. The van der Waals surface area contributed by atoms with Crippen molar-refractivity contribution in [1.82, 2.24) is 0 Å². The van der Waals surface area contributed by atoms with Crippen molar-refractivity contribution >= 4 is 0 Å². The van der Waals surface area contributed by atoms with Crippen molar-refractivity contribution in [2.24, 2.45) is 0 Å². The summed E-state index contributed by atoms with van der Waals surface area (Å²) in [6.07, 6.45) is 8.35. The molecule has 1 nitrogen and oxygen atoms in total. The van der Waals surface area contributed by atoms with Crippen LogP contribution in [0.4, 0.5) is 0 Å². The van der Waals surface area contributed by atoms with Crippen LogP contribution in [0.1, 0.15) is 19.3 Å². The number of hydrogen-bond acceptors (Lipinski definition) is 1. The Morgan fingerprint density at radius 2 is 2.30 bits per heavy atom. The minimum Gasteiger partial charge on any atom is -0.512 e. The van der Waals surface area contributed by atoms with Crippen LogP contribution in [0.3, 0.4) is 0 Å². The first-order valence-corrected chi connectivity index (χ1v) is 3.51. The SMILES string of the molecule is C=CCC1=CC=C(O)CC1. The average Bonchev–Trinajstić information content (AvgIpc) is 1.95. The molecular weight excluding hydrogens is 124 g/mol. The summed E-state index contributed by atoms with van der Waals surface area (Å²) < 4.78 is 0. The molecule has 0 fully saturated rings. The van der Waals surface area contributed by atoms with E-state index in [0.29, 0.717) is 5.76 Å². The molecule has 0 radical (unpaired) electrons. The van der Waals surface area contributed by atoms with Crippen molar-refractivity contribution in [3.63, 3.8) is 0 Å². The molecule has 1 aliphatic rings. The second-order valence-electron chi connectivity index (χ2n) is 2.48. The second kappa shape index (κ2) is 3.25. The van der Waals surface area contributed by atoms with Crippen molar-refractivity contribution in [1.29, 1.82) is 0 Å². The number of aliphatic hydroxyl groups excluding tert-OH is 1. The molecule has 0 heterocycles. The topological polar surface area (TPSA) is 20.2 Å². The highest BCUT2D eigenvalue weighted by Crippen LogP contribution is 2.18. The lowest BCUT2D eigenvalue weighted by atomic mass is 10.0. The van der Waals surface area contributed by atoms with Crippen LogP contribution in [-0.4, -0.2) is 5.11 Å². The molecule has 0 saturated carbocycles. The maximum Gasteiger partial charge on any atom is 0.0925 e. The van der Waals surface area contributed by atoms with Crippen LogP contribution in [0.2, 0.25) is 0 Å². The van der Waals surface area contributed by atoms with Gasteiger partial charge in [0.2, 0.25) is 0 Å². The third-order valence-corrected chi connectivity index (χ3v) is 1.62. The maximum atomic E-state index is 8.99. The summed E-state index contributed by atoms with van der Waals surface area (Å²) in [6, 6.07) is 0. The van der Waals surface area contributed by atoms with Gasteiger partial charge in [0, 0.05) is 6.42 Å². The predicted molar refractivity (Wildman–Crippen MR) is 42.8 cm³/mol. The van der Waals surface area contributed by atoms with Gasteiger partial charge in [0.05, 0.1) is 5.76 Å². The Balaban J connectivity index is 2.55. The molecule has 0 bridgehead atoms. The van der Waals surface area contributed by atoms with Gasteiger partial charge in [-0.1, -0.05) is 17.7 Å². The zero-order valence-corrected chi connectivity index (χ0v) is 6.01. The fourth-order valence-corrected chi connectivity index (χ4v) is 1.02. The third kappa shape index (κ3) is 1.76. The van der Waals surface area contributed by atoms with Gasteiger partial charge in [-0.15, -0.1) is 6.58 Å². The summed E-state index contributed by atoms with van der Waals surface area (Å²) in [5, 5.41) is 8.99. The highest BCUT2D eigenvalue weighted by atomic mass is 16.3. The molecule has 0 saturated heterocycles. The molecule has 10 heavy (non-hydrogen) atoms. The Bertz CT molecular complexity index is 187. The monoisotopic (exact) mass is 136 g/mol. The largest absolute Gasteiger partial charge is 0.512 e. The van der Waals surface area contributed by atoms with E-state index in [1.165, 1.54) is 5.57 Å². The maximum absolute atomic E-state index is 8.99. The Hall–Kier alpha value is -0.980. The summed E-state index contributed by atoms with van der Waals surface area (Å²) in [6.45, 7) is 3.65. The van der Waals surface area contributed by atoms with E-state index in [9.17, 15) is 0 Å². The summed E-state index contributed by atoms with van der Waals surface area (Å²) >= 11 is 0. The van der Waals surface area contributed by atoms with E-state index in [1.54, 1.807) is 6.08 Å². The molecule has 0 amide bonds. The van der Waals surface area contributed by atoms with E-state index in [1.807, 2.05) is 12.2 Å². The zero-order valence-electron chi connectivity index (χ0n) is 6.01. The van der Waals surface area contributed by atoms with Crippen molar-refractivity contribution in [2.75, 3.05) is 0 Å². The number of allylic oxidation sites excluding steroid dienone is 5. The molecule has 0 unspecified atom stereocenters. The normalized spacial score (nSPS) is 17.6. The van der Waals surface area contributed by atoms with Crippen LogP contribution in [0.25, 0.3) is 0 Å². The Morgan fingerprint density at radius 1 is 1.50 bits per heavy atom. The number of rotatable bonds is 2. The number of aliphatic hydroxyl groups is 1. The van der Waals surface area contributed by atoms with Gasteiger partial charge in [0.15, 0.2) is 0 Å². The lowest BCUT2D eigenvalue weighted by Crippen LogP contribution is -1.91. The fourth-order valence-electron chi connectivity index (χ4n) is 1.02. The third-order valence-electron chi connectivity index (χ3n) is 1.62. The average molecular weight is 136 g/mol. The lowest BCUT2D eigenvalue weighted by Gasteiger charge is -2.07. The summed E-state index contributed by atoms with van der Waals surface area (Å²) in [7, 11) is 0. The molecule has 0 aliphatic heterocycles. The Labute approximate surface area is 61.4 Å². The van der Waals surface area contributed by atoms with Crippen LogP contribution >= 0.6 is 0 Å². The summed E-state index contributed by atoms with van der Waals surface area (Å²) in [5.74, 6) is 0.493. The minimum atomic E-state index is 0.493. The van der Waals surface area contributed by atoms with E-state index >= 15 is 0 Å². The van der Waals surface area contributed by atoms with Crippen molar-refractivity contribution < 1.29 is 5.11 Å². The zero-order chi connectivity index (χ0) is 7.40. The Morgan fingerprint density at radius 3 is 2.80 bits per heavy atom. The van der Waals surface area contributed by atoms with Crippen LogP contribution in [-0.2, 0) is 0 Å². The quantitative estimate of drug-likeness (QED) is 0.579.